The maximum absolute atomic E-state index is 5.75. The van der Waals surface area contributed by atoms with Gasteiger partial charge in [0.25, 0.3) is 0 Å². The van der Waals surface area contributed by atoms with Crippen molar-refractivity contribution >= 4 is 0 Å². The number of hydrogen-bond acceptors (Lipinski definition) is 3. The van der Waals surface area contributed by atoms with Gasteiger partial charge >= 0.3 is 0 Å². The average molecular weight is 311 g/mol. The molecule has 1 heterocycles. The highest BCUT2D eigenvalue weighted by Gasteiger charge is 2.25. The zero-order valence-electron chi connectivity index (χ0n) is 13.9. The summed E-state index contributed by atoms with van der Waals surface area (Å²) in [5.74, 6) is 1.46. The van der Waals surface area contributed by atoms with Gasteiger partial charge in [-0.15, -0.1) is 0 Å². The zero-order valence-corrected chi connectivity index (χ0v) is 13.9. The Bertz CT molecular complexity index is 624. The van der Waals surface area contributed by atoms with Crippen LogP contribution in [0.5, 0.6) is 5.75 Å². The second kappa shape index (κ2) is 7.62. The van der Waals surface area contributed by atoms with Crippen LogP contribution < -0.4 is 10.1 Å². The number of benzene rings is 2. The van der Waals surface area contributed by atoms with Crippen molar-refractivity contribution in [1.82, 2.24) is 5.32 Å². The fourth-order valence-electron chi connectivity index (χ4n) is 3.32. The van der Waals surface area contributed by atoms with Gasteiger partial charge in [0.05, 0.1) is 13.2 Å². The molecule has 1 N–H and O–H groups in total. The molecule has 3 heteroatoms. The molecule has 1 aliphatic heterocycles. The first-order valence-electron chi connectivity index (χ1n) is 8.40. The number of nitrogens with one attached hydrogen (secondary N) is 1. The van der Waals surface area contributed by atoms with Crippen molar-refractivity contribution in [2.45, 2.75) is 25.3 Å². The minimum Gasteiger partial charge on any atom is -0.493 e. The molecule has 0 bridgehead atoms. The fourth-order valence-corrected chi connectivity index (χ4v) is 3.32. The molecule has 1 aliphatic rings. The van der Waals surface area contributed by atoms with Gasteiger partial charge in [-0.3, -0.25) is 0 Å². The Labute approximate surface area is 138 Å². The third kappa shape index (κ3) is 3.57. The van der Waals surface area contributed by atoms with Crippen LogP contribution in [0.4, 0.5) is 0 Å². The van der Waals surface area contributed by atoms with Crippen molar-refractivity contribution in [2.24, 2.45) is 0 Å². The zero-order chi connectivity index (χ0) is 16.1. The molecule has 0 saturated carbocycles. The largest absolute Gasteiger partial charge is 0.493 e. The summed E-state index contributed by atoms with van der Waals surface area (Å²) in [7, 11) is 2.01. The van der Waals surface area contributed by atoms with E-state index < -0.39 is 0 Å². The summed E-state index contributed by atoms with van der Waals surface area (Å²) in [6.07, 6.45) is 1.07. The summed E-state index contributed by atoms with van der Waals surface area (Å²) in [4.78, 5) is 0. The monoisotopic (exact) mass is 311 g/mol. The van der Waals surface area contributed by atoms with E-state index in [-0.39, 0.29) is 0 Å². The first-order valence-corrected chi connectivity index (χ1v) is 8.40. The van der Waals surface area contributed by atoms with Crippen LogP contribution in [0.2, 0.25) is 0 Å². The standard InChI is InChI=1S/C20H25NO2/c1-3-23-20-7-5-4-6-18(20)16-10-8-15(9-11-16)17-12-13-22-14-19(17)21-2/h4-11,17,19,21H,3,12-14H2,1-2H3/t17-,19-/m1/s1. The maximum atomic E-state index is 5.75. The molecule has 1 fully saturated rings. The van der Waals surface area contributed by atoms with E-state index in [9.17, 15) is 0 Å². The van der Waals surface area contributed by atoms with Crippen LogP contribution in [0.3, 0.4) is 0 Å². The summed E-state index contributed by atoms with van der Waals surface area (Å²) in [6.45, 7) is 4.33. The lowest BCUT2D eigenvalue weighted by Gasteiger charge is -2.31. The Balaban J connectivity index is 1.85. The average Bonchev–Trinajstić information content (AvgIpc) is 2.63. The smallest absolute Gasteiger partial charge is 0.127 e. The van der Waals surface area contributed by atoms with Gasteiger partial charge in [-0.05, 0) is 37.6 Å². The van der Waals surface area contributed by atoms with Crippen LogP contribution in [0.15, 0.2) is 48.5 Å². The molecule has 0 unspecified atom stereocenters. The molecule has 122 valence electrons. The minimum atomic E-state index is 0.394. The third-order valence-electron chi connectivity index (χ3n) is 4.56. The van der Waals surface area contributed by atoms with E-state index in [0.29, 0.717) is 18.6 Å². The number of ether oxygens (including phenoxy) is 2. The molecule has 0 aromatic heterocycles. The molecular formula is C20H25NO2. The van der Waals surface area contributed by atoms with E-state index in [1.54, 1.807) is 0 Å². The third-order valence-corrected chi connectivity index (χ3v) is 4.56. The summed E-state index contributed by atoms with van der Waals surface area (Å²) < 4.78 is 11.3. The Morgan fingerprint density at radius 2 is 1.91 bits per heavy atom. The molecule has 0 aliphatic carbocycles. The van der Waals surface area contributed by atoms with Gasteiger partial charge in [0.1, 0.15) is 5.75 Å². The lowest BCUT2D eigenvalue weighted by Crippen LogP contribution is -2.40. The Morgan fingerprint density at radius 3 is 2.65 bits per heavy atom. The second-order valence-electron chi connectivity index (χ2n) is 5.92. The highest BCUT2D eigenvalue weighted by molar-refractivity contribution is 5.70. The lowest BCUT2D eigenvalue weighted by atomic mass is 9.87. The van der Waals surface area contributed by atoms with Gasteiger partial charge in [0.15, 0.2) is 0 Å². The van der Waals surface area contributed by atoms with E-state index in [0.717, 1.165) is 30.9 Å². The van der Waals surface area contributed by atoms with E-state index in [1.165, 1.54) is 11.1 Å². The quantitative estimate of drug-likeness (QED) is 0.910. The van der Waals surface area contributed by atoms with Crippen molar-refractivity contribution < 1.29 is 9.47 Å². The van der Waals surface area contributed by atoms with Crippen LogP contribution in [-0.2, 0) is 4.74 Å². The predicted molar refractivity (Wildman–Crippen MR) is 94.1 cm³/mol. The Kier molecular flexibility index (Phi) is 5.31. The van der Waals surface area contributed by atoms with Crippen molar-refractivity contribution in [3.8, 4) is 16.9 Å². The number of likely N-dealkylation sites (N-methyl/N-ethyl adjacent to an activating group) is 1. The second-order valence-corrected chi connectivity index (χ2v) is 5.92. The van der Waals surface area contributed by atoms with E-state index in [1.807, 2.05) is 26.1 Å². The molecule has 0 radical (unpaired) electrons. The maximum Gasteiger partial charge on any atom is 0.127 e. The van der Waals surface area contributed by atoms with Crippen molar-refractivity contribution in [3.63, 3.8) is 0 Å². The molecule has 1 saturated heterocycles. The molecule has 0 amide bonds. The predicted octanol–water partition coefficient (Wildman–Crippen LogP) is 3.84. The van der Waals surface area contributed by atoms with Gasteiger partial charge in [-0.2, -0.15) is 0 Å². The molecular weight excluding hydrogens is 286 g/mol. The van der Waals surface area contributed by atoms with E-state index in [4.69, 9.17) is 9.47 Å². The SMILES string of the molecule is CCOc1ccccc1-c1ccc([C@H]2CCOC[C@H]2NC)cc1. The Morgan fingerprint density at radius 1 is 1.13 bits per heavy atom. The van der Waals surface area contributed by atoms with Gasteiger partial charge in [0, 0.05) is 24.1 Å². The molecule has 3 rings (SSSR count). The molecule has 0 spiro atoms. The first kappa shape index (κ1) is 16.0. The van der Waals surface area contributed by atoms with Crippen LogP contribution >= 0.6 is 0 Å². The van der Waals surface area contributed by atoms with Gasteiger partial charge in [-0.25, -0.2) is 0 Å². The molecule has 3 nitrogen and oxygen atoms in total. The van der Waals surface area contributed by atoms with Crippen molar-refractivity contribution in [3.05, 3.63) is 54.1 Å². The first-order chi connectivity index (χ1) is 11.3. The van der Waals surface area contributed by atoms with E-state index in [2.05, 4.69) is 41.7 Å². The number of para-hydroxylation sites is 1. The molecule has 2 aromatic rings. The van der Waals surface area contributed by atoms with Crippen LogP contribution in [0, 0.1) is 0 Å². The van der Waals surface area contributed by atoms with Gasteiger partial charge in [0.2, 0.25) is 0 Å². The molecule has 2 atom stereocenters. The highest BCUT2D eigenvalue weighted by atomic mass is 16.5. The number of rotatable bonds is 5. The van der Waals surface area contributed by atoms with Crippen LogP contribution in [0.25, 0.3) is 11.1 Å². The van der Waals surface area contributed by atoms with Crippen molar-refractivity contribution in [2.75, 3.05) is 26.9 Å². The number of hydrogen-bond donors (Lipinski definition) is 1. The van der Waals surface area contributed by atoms with Gasteiger partial charge < -0.3 is 14.8 Å². The van der Waals surface area contributed by atoms with E-state index >= 15 is 0 Å². The van der Waals surface area contributed by atoms with Crippen LogP contribution in [-0.4, -0.2) is 32.9 Å². The fraction of sp³-hybridized carbons (Fsp3) is 0.400. The Hall–Kier alpha value is -1.84. The molecule has 2 aromatic carbocycles. The summed E-state index contributed by atoms with van der Waals surface area (Å²) in [5.41, 5.74) is 3.73. The van der Waals surface area contributed by atoms with Crippen molar-refractivity contribution in [1.29, 1.82) is 0 Å². The molecule has 23 heavy (non-hydrogen) atoms. The normalized spacial score (nSPS) is 21.1. The summed E-state index contributed by atoms with van der Waals surface area (Å²) in [5, 5.41) is 3.38. The van der Waals surface area contributed by atoms with Gasteiger partial charge in [-0.1, -0.05) is 42.5 Å². The topological polar surface area (TPSA) is 30.5 Å². The van der Waals surface area contributed by atoms with Crippen LogP contribution in [0.1, 0.15) is 24.8 Å². The minimum absolute atomic E-state index is 0.394. The summed E-state index contributed by atoms with van der Waals surface area (Å²) >= 11 is 0. The lowest BCUT2D eigenvalue weighted by molar-refractivity contribution is 0.0599. The summed E-state index contributed by atoms with van der Waals surface area (Å²) in [6, 6.07) is 17.5. The highest BCUT2D eigenvalue weighted by Crippen LogP contribution is 2.33.